The number of hydrogen-bond acceptors (Lipinski definition) is 4. The zero-order valence-electron chi connectivity index (χ0n) is 17.3. The fraction of sp³-hybridized carbons (Fsp3) is 0.522. The van der Waals surface area contributed by atoms with Crippen molar-refractivity contribution in [2.24, 2.45) is 0 Å². The molecule has 0 aliphatic rings. The lowest BCUT2D eigenvalue weighted by Crippen LogP contribution is -2.10. The standard InChI is InChI=1S/C23H33NO3/c1-16-17(2)23(27-5)21(18(3)22(16)26-4)20(12-8-6-7-9-14-25)19-11-10-13-24-15-19/h10-11,13,15,20,25H,6-9,12,14H2,1-5H3. The number of hydrogen-bond donors (Lipinski definition) is 1. The molecule has 0 amide bonds. The van der Waals surface area contributed by atoms with Gasteiger partial charge in [-0.25, -0.2) is 0 Å². The van der Waals surface area contributed by atoms with Crippen molar-refractivity contribution in [3.8, 4) is 11.5 Å². The molecule has 1 aromatic heterocycles. The van der Waals surface area contributed by atoms with Gasteiger partial charge in [-0.1, -0.05) is 25.3 Å². The number of pyridine rings is 1. The van der Waals surface area contributed by atoms with Crippen LogP contribution in [0.5, 0.6) is 11.5 Å². The molecule has 0 fully saturated rings. The molecular formula is C23H33NO3. The molecular weight excluding hydrogens is 338 g/mol. The molecule has 27 heavy (non-hydrogen) atoms. The molecule has 2 aromatic rings. The van der Waals surface area contributed by atoms with Crippen LogP contribution in [0.25, 0.3) is 0 Å². The minimum atomic E-state index is 0.205. The lowest BCUT2D eigenvalue weighted by molar-refractivity contribution is 0.282. The van der Waals surface area contributed by atoms with E-state index in [2.05, 4.69) is 31.8 Å². The molecule has 0 spiro atoms. The number of rotatable bonds is 10. The van der Waals surface area contributed by atoms with Gasteiger partial charge in [-0.3, -0.25) is 4.98 Å². The van der Waals surface area contributed by atoms with Gasteiger partial charge in [0, 0.05) is 30.5 Å². The summed E-state index contributed by atoms with van der Waals surface area (Å²) >= 11 is 0. The normalized spacial score (nSPS) is 12.1. The first kappa shape index (κ1) is 21.2. The minimum Gasteiger partial charge on any atom is -0.496 e. The third kappa shape index (κ3) is 4.81. The Kier molecular flexibility index (Phi) is 8.11. The molecule has 4 heteroatoms. The second kappa shape index (κ2) is 10.3. The molecule has 0 saturated carbocycles. The highest BCUT2D eigenvalue weighted by Crippen LogP contribution is 2.45. The summed E-state index contributed by atoms with van der Waals surface area (Å²) in [6, 6.07) is 4.14. The summed E-state index contributed by atoms with van der Waals surface area (Å²) < 4.78 is 11.6. The van der Waals surface area contributed by atoms with Crippen molar-refractivity contribution in [2.45, 2.75) is 58.8 Å². The summed E-state index contributed by atoms with van der Waals surface area (Å²) in [5.41, 5.74) is 5.80. The van der Waals surface area contributed by atoms with Crippen molar-refractivity contribution in [2.75, 3.05) is 20.8 Å². The summed E-state index contributed by atoms with van der Waals surface area (Å²) in [5.74, 6) is 2.10. The van der Waals surface area contributed by atoms with Gasteiger partial charge in [-0.15, -0.1) is 0 Å². The lowest BCUT2D eigenvalue weighted by Gasteiger charge is -2.26. The van der Waals surface area contributed by atoms with Gasteiger partial charge in [-0.05, 0) is 61.9 Å². The van der Waals surface area contributed by atoms with E-state index in [0.717, 1.165) is 60.3 Å². The van der Waals surface area contributed by atoms with Crippen LogP contribution in [-0.2, 0) is 0 Å². The van der Waals surface area contributed by atoms with Crippen LogP contribution in [0.3, 0.4) is 0 Å². The van der Waals surface area contributed by atoms with E-state index in [-0.39, 0.29) is 12.5 Å². The molecule has 1 heterocycles. The average molecular weight is 372 g/mol. The average Bonchev–Trinajstić information content (AvgIpc) is 2.69. The molecule has 0 radical (unpaired) electrons. The zero-order valence-corrected chi connectivity index (χ0v) is 17.3. The van der Waals surface area contributed by atoms with Gasteiger partial charge in [-0.2, -0.15) is 0 Å². The van der Waals surface area contributed by atoms with E-state index in [9.17, 15) is 0 Å². The minimum absolute atomic E-state index is 0.205. The fourth-order valence-electron chi connectivity index (χ4n) is 3.98. The highest BCUT2D eigenvalue weighted by molar-refractivity contribution is 5.60. The fourth-order valence-corrected chi connectivity index (χ4v) is 3.98. The molecule has 1 aromatic carbocycles. The van der Waals surface area contributed by atoms with Gasteiger partial charge in [0.1, 0.15) is 11.5 Å². The Morgan fingerprint density at radius 3 is 2.19 bits per heavy atom. The monoisotopic (exact) mass is 371 g/mol. The maximum absolute atomic E-state index is 9.01. The van der Waals surface area contributed by atoms with E-state index in [1.807, 2.05) is 18.5 Å². The first-order valence-electron chi connectivity index (χ1n) is 9.79. The molecule has 1 unspecified atom stereocenters. The van der Waals surface area contributed by atoms with E-state index < -0.39 is 0 Å². The SMILES string of the molecule is COc1c(C)c(C)c(OC)c(C(CCCCCCO)c2cccnc2)c1C. The van der Waals surface area contributed by atoms with E-state index in [0.29, 0.717) is 0 Å². The number of aliphatic hydroxyl groups excluding tert-OH is 1. The smallest absolute Gasteiger partial charge is 0.126 e. The molecule has 0 saturated heterocycles. The molecule has 1 N–H and O–H groups in total. The van der Waals surface area contributed by atoms with Crippen molar-refractivity contribution >= 4 is 0 Å². The highest BCUT2D eigenvalue weighted by atomic mass is 16.5. The Bertz CT molecular complexity index is 728. The summed E-state index contributed by atoms with van der Waals surface area (Å²) in [6.07, 6.45) is 8.92. The Hall–Kier alpha value is -2.07. The van der Waals surface area contributed by atoms with Gasteiger partial charge >= 0.3 is 0 Å². The molecule has 148 valence electrons. The zero-order chi connectivity index (χ0) is 19.8. The van der Waals surface area contributed by atoms with Crippen LogP contribution in [0.15, 0.2) is 24.5 Å². The predicted molar refractivity (Wildman–Crippen MR) is 110 cm³/mol. The summed E-state index contributed by atoms with van der Waals surface area (Å²) in [7, 11) is 3.48. The summed E-state index contributed by atoms with van der Waals surface area (Å²) in [5, 5.41) is 9.01. The second-order valence-corrected chi connectivity index (χ2v) is 7.12. The van der Waals surface area contributed by atoms with Crippen molar-refractivity contribution < 1.29 is 14.6 Å². The van der Waals surface area contributed by atoms with E-state index in [4.69, 9.17) is 14.6 Å². The lowest BCUT2D eigenvalue weighted by atomic mass is 9.82. The molecule has 0 aliphatic carbocycles. The molecule has 1 atom stereocenters. The third-order valence-electron chi connectivity index (χ3n) is 5.48. The van der Waals surface area contributed by atoms with Crippen LogP contribution in [0, 0.1) is 20.8 Å². The molecule has 2 rings (SSSR count). The first-order chi connectivity index (χ1) is 13.1. The van der Waals surface area contributed by atoms with Crippen LogP contribution in [0.4, 0.5) is 0 Å². The maximum atomic E-state index is 9.01. The van der Waals surface area contributed by atoms with Crippen LogP contribution in [-0.4, -0.2) is 30.9 Å². The Morgan fingerprint density at radius 2 is 1.59 bits per heavy atom. The second-order valence-electron chi connectivity index (χ2n) is 7.12. The number of methoxy groups -OCH3 is 2. The van der Waals surface area contributed by atoms with Gasteiger partial charge in [0.2, 0.25) is 0 Å². The van der Waals surface area contributed by atoms with Gasteiger partial charge in [0.05, 0.1) is 14.2 Å². The number of aliphatic hydroxyl groups is 1. The van der Waals surface area contributed by atoms with Gasteiger partial charge in [0.25, 0.3) is 0 Å². The number of aromatic nitrogens is 1. The first-order valence-corrected chi connectivity index (χ1v) is 9.79. The Morgan fingerprint density at radius 1 is 0.926 bits per heavy atom. The molecule has 0 aliphatic heterocycles. The van der Waals surface area contributed by atoms with Crippen molar-refractivity contribution in [1.82, 2.24) is 4.98 Å². The van der Waals surface area contributed by atoms with Crippen LogP contribution >= 0.6 is 0 Å². The van der Waals surface area contributed by atoms with Crippen molar-refractivity contribution in [1.29, 1.82) is 0 Å². The third-order valence-corrected chi connectivity index (χ3v) is 5.48. The number of ether oxygens (including phenoxy) is 2. The number of benzene rings is 1. The Labute approximate surface area is 163 Å². The summed E-state index contributed by atoms with van der Waals surface area (Å²) in [6.45, 7) is 6.58. The highest BCUT2D eigenvalue weighted by Gasteiger charge is 2.26. The Balaban J connectivity index is 2.50. The van der Waals surface area contributed by atoms with Gasteiger partial charge in [0.15, 0.2) is 0 Å². The number of nitrogens with zero attached hydrogens (tertiary/aromatic N) is 1. The topological polar surface area (TPSA) is 51.6 Å². The predicted octanol–water partition coefficient (Wildman–Crippen LogP) is 5.10. The van der Waals surface area contributed by atoms with E-state index >= 15 is 0 Å². The van der Waals surface area contributed by atoms with Crippen molar-refractivity contribution in [3.05, 3.63) is 52.3 Å². The quantitative estimate of drug-likeness (QED) is 0.591. The molecule has 4 nitrogen and oxygen atoms in total. The molecule has 0 bridgehead atoms. The largest absolute Gasteiger partial charge is 0.496 e. The van der Waals surface area contributed by atoms with Crippen LogP contribution in [0.1, 0.15) is 65.8 Å². The van der Waals surface area contributed by atoms with Crippen LogP contribution in [0.2, 0.25) is 0 Å². The van der Waals surface area contributed by atoms with E-state index in [1.165, 1.54) is 11.1 Å². The van der Waals surface area contributed by atoms with Gasteiger partial charge < -0.3 is 14.6 Å². The number of unbranched alkanes of at least 4 members (excludes halogenated alkanes) is 3. The maximum Gasteiger partial charge on any atom is 0.126 e. The van der Waals surface area contributed by atoms with E-state index in [1.54, 1.807) is 14.2 Å². The van der Waals surface area contributed by atoms with Crippen LogP contribution < -0.4 is 9.47 Å². The van der Waals surface area contributed by atoms with Crippen molar-refractivity contribution in [3.63, 3.8) is 0 Å². The summed E-state index contributed by atoms with van der Waals surface area (Å²) in [4.78, 5) is 4.35.